The summed E-state index contributed by atoms with van der Waals surface area (Å²) in [4.78, 5) is 11.8. The van der Waals surface area contributed by atoms with Crippen molar-refractivity contribution in [3.63, 3.8) is 0 Å². The van der Waals surface area contributed by atoms with Crippen LogP contribution in [-0.4, -0.2) is 15.0 Å². The molecule has 2 N–H and O–H groups in total. The molecule has 0 aliphatic heterocycles. The minimum Gasteiger partial charge on any atom is -0.353 e. The molecule has 112 valence electrons. The van der Waals surface area contributed by atoms with E-state index in [0.29, 0.717) is 0 Å². The lowest BCUT2D eigenvalue weighted by Crippen LogP contribution is -1.80. The third kappa shape index (κ3) is 1.35. The number of pyridine rings is 1. The van der Waals surface area contributed by atoms with Gasteiger partial charge < -0.3 is 9.97 Å². The molecule has 0 amide bonds. The standard InChI is InChI=1S/C21H13N3/c1-2-7-13-12(6-1)17-14-8-3-4-9-15(14)23-20(17)21-18(13)19-16(24-21)10-5-11-22-19/h1-11,23-24H. The van der Waals surface area contributed by atoms with Crippen molar-refractivity contribution >= 4 is 54.5 Å². The summed E-state index contributed by atoms with van der Waals surface area (Å²) in [7, 11) is 0. The van der Waals surface area contributed by atoms with E-state index in [9.17, 15) is 0 Å². The van der Waals surface area contributed by atoms with E-state index in [-0.39, 0.29) is 0 Å². The van der Waals surface area contributed by atoms with Crippen molar-refractivity contribution in [2.24, 2.45) is 0 Å². The highest BCUT2D eigenvalue weighted by Crippen LogP contribution is 2.40. The SMILES string of the molecule is c1ccc2c(c1)[nH]c1c3[nH]c4cccnc4c3c3ccccc3c21. The highest BCUT2D eigenvalue weighted by molar-refractivity contribution is 6.34. The number of fused-ring (bicyclic) bond motifs is 10. The second-order valence-electron chi connectivity index (χ2n) is 6.24. The molecular formula is C21H13N3. The monoisotopic (exact) mass is 307 g/mol. The van der Waals surface area contributed by atoms with Gasteiger partial charge in [0.1, 0.15) is 0 Å². The maximum Gasteiger partial charge on any atom is 0.0964 e. The van der Waals surface area contributed by atoms with Crippen molar-refractivity contribution in [3.8, 4) is 0 Å². The second kappa shape index (κ2) is 4.15. The maximum atomic E-state index is 4.64. The van der Waals surface area contributed by atoms with Gasteiger partial charge in [-0.2, -0.15) is 0 Å². The fourth-order valence-corrected chi connectivity index (χ4v) is 4.00. The summed E-state index contributed by atoms with van der Waals surface area (Å²) >= 11 is 0. The summed E-state index contributed by atoms with van der Waals surface area (Å²) in [6.07, 6.45) is 1.86. The van der Waals surface area contributed by atoms with E-state index in [1.54, 1.807) is 0 Å². The van der Waals surface area contributed by atoms with E-state index in [1.165, 1.54) is 26.9 Å². The number of nitrogens with one attached hydrogen (secondary N) is 2. The van der Waals surface area contributed by atoms with Gasteiger partial charge in [0.05, 0.1) is 22.1 Å². The van der Waals surface area contributed by atoms with Crippen molar-refractivity contribution in [1.29, 1.82) is 0 Å². The predicted molar refractivity (Wildman–Crippen MR) is 100 cm³/mol. The lowest BCUT2D eigenvalue weighted by atomic mass is 10.00. The Morgan fingerprint density at radius 2 is 1.21 bits per heavy atom. The third-order valence-electron chi connectivity index (χ3n) is 4.98. The topological polar surface area (TPSA) is 44.5 Å². The Bertz CT molecular complexity index is 1290. The van der Waals surface area contributed by atoms with Gasteiger partial charge >= 0.3 is 0 Å². The molecule has 3 aromatic heterocycles. The number of benzene rings is 3. The maximum absolute atomic E-state index is 4.64. The van der Waals surface area contributed by atoms with Crippen molar-refractivity contribution in [3.05, 3.63) is 66.9 Å². The van der Waals surface area contributed by atoms with Crippen LogP contribution in [0.25, 0.3) is 54.5 Å². The van der Waals surface area contributed by atoms with E-state index >= 15 is 0 Å². The van der Waals surface area contributed by atoms with Crippen molar-refractivity contribution in [2.75, 3.05) is 0 Å². The van der Waals surface area contributed by atoms with Gasteiger partial charge in [0, 0.05) is 27.9 Å². The fraction of sp³-hybridized carbons (Fsp3) is 0. The average Bonchev–Trinajstić information content (AvgIpc) is 3.21. The summed E-state index contributed by atoms with van der Waals surface area (Å²) in [5.41, 5.74) is 5.56. The fourth-order valence-electron chi connectivity index (χ4n) is 4.00. The number of H-pyrrole nitrogens is 2. The van der Waals surface area contributed by atoms with Crippen molar-refractivity contribution in [2.45, 2.75) is 0 Å². The van der Waals surface area contributed by atoms with Crippen LogP contribution in [0.4, 0.5) is 0 Å². The predicted octanol–water partition coefficient (Wildman–Crippen LogP) is 5.50. The molecule has 0 bridgehead atoms. The molecule has 0 saturated carbocycles. The molecule has 0 radical (unpaired) electrons. The Balaban J connectivity index is 2.07. The highest BCUT2D eigenvalue weighted by atomic mass is 14.8. The van der Waals surface area contributed by atoms with Crippen LogP contribution in [0.1, 0.15) is 0 Å². The number of hydrogen-bond donors (Lipinski definition) is 2. The first-order chi connectivity index (χ1) is 11.9. The van der Waals surface area contributed by atoms with Crippen molar-refractivity contribution in [1.82, 2.24) is 15.0 Å². The molecule has 6 aromatic rings. The zero-order chi connectivity index (χ0) is 15.7. The molecule has 0 atom stereocenters. The second-order valence-corrected chi connectivity index (χ2v) is 6.24. The molecule has 6 rings (SSSR count). The molecule has 3 heterocycles. The first-order valence-corrected chi connectivity index (χ1v) is 8.09. The summed E-state index contributed by atoms with van der Waals surface area (Å²) in [5, 5.41) is 6.25. The Morgan fingerprint density at radius 3 is 2.08 bits per heavy atom. The average molecular weight is 307 g/mol. The van der Waals surface area contributed by atoms with Crippen LogP contribution >= 0.6 is 0 Å². The molecule has 0 unspecified atom stereocenters. The van der Waals surface area contributed by atoms with Gasteiger partial charge in [0.15, 0.2) is 0 Å². The summed E-state index contributed by atoms with van der Waals surface area (Å²) in [6.45, 7) is 0. The lowest BCUT2D eigenvalue weighted by Gasteiger charge is -2.03. The van der Waals surface area contributed by atoms with E-state index in [0.717, 1.165) is 27.6 Å². The number of aromatic nitrogens is 3. The van der Waals surface area contributed by atoms with Gasteiger partial charge in [-0.25, -0.2) is 0 Å². The van der Waals surface area contributed by atoms with Gasteiger partial charge in [0.25, 0.3) is 0 Å². The Labute approximate surface area is 136 Å². The molecule has 0 aliphatic rings. The number of nitrogens with zero attached hydrogens (tertiary/aromatic N) is 1. The van der Waals surface area contributed by atoms with E-state index in [1.807, 2.05) is 12.3 Å². The van der Waals surface area contributed by atoms with E-state index in [4.69, 9.17) is 0 Å². The van der Waals surface area contributed by atoms with E-state index in [2.05, 4.69) is 69.5 Å². The highest BCUT2D eigenvalue weighted by Gasteiger charge is 2.17. The van der Waals surface area contributed by atoms with Gasteiger partial charge in [-0.05, 0) is 29.0 Å². The zero-order valence-corrected chi connectivity index (χ0v) is 12.8. The minimum atomic E-state index is 1.03. The number of rotatable bonds is 0. The third-order valence-corrected chi connectivity index (χ3v) is 4.98. The normalized spacial score (nSPS) is 12.2. The van der Waals surface area contributed by atoms with Crippen LogP contribution in [0.3, 0.4) is 0 Å². The van der Waals surface area contributed by atoms with Crippen LogP contribution in [0.5, 0.6) is 0 Å². The Morgan fingerprint density at radius 1 is 0.583 bits per heavy atom. The molecule has 0 saturated heterocycles. The molecular weight excluding hydrogens is 294 g/mol. The van der Waals surface area contributed by atoms with Gasteiger partial charge in [0.2, 0.25) is 0 Å². The first kappa shape index (κ1) is 12.1. The first-order valence-electron chi connectivity index (χ1n) is 8.09. The number of aromatic amines is 2. The number of hydrogen-bond acceptors (Lipinski definition) is 1. The molecule has 3 nitrogen and oxygen atoms in total. The van der Waals surface area contributed by atoms with Gasteiger partial charge in [-0.15, -0.1) is 0 Å². The molecule has 3 heteroatoms. The summed E-state index contributed by atoms with van der Waals surface area (Å²) < 4.78 is 0. The number of para-hydroxylation sites is 1. The van der Waals surface area contributed by atoms with E-state index < -0.39 is 0 Å². The Hall–Kier alpha value is -3.33. The van der Waals surface area contributed by atoms with Gasteiger partial charge in [-0.1, -0.05) is 42.5 Å². The smallest absolute Gasteiger partial charge is 0.0964 e. The van der Waals surface area contributed by atoms with Crippen LogP contribution in [0, 0.1) is 0 Å². The van der Waals surface area contributed by atoms with Crippen molar-refractivity contribution < 1.29 is 0 Å². The molecule has 24 heavy (non-hydrogen) atoms. The van der Waals surface area contributed by atoms with Gasteiger partial charge in [-0.3, -0.25) is 4.98 Å². The van der Waals surface area contributed by atoms with Crippen LogP contribution in [0.15, 0.2) is 66.9 Å². The summed E-state index contributed by atoms with van der Waals surface area (Å²) in [5.74, 6) is 0. The molecule has 0 spiro atoms. The quantitative estimate of drug-likeness (QED) is 0.382. The minimum absolute atomic E-state index is 1.03. The lowest BCUT2D eigenvalue weighted by molar-refractivity contribution is 1.42. The van der Waals surface area contributed by atoms with Crippen LogP contribution in [0.2, 0.25) is 0 Å². The Kier molecular flexibility index (Phi) is 2.10. The molecule has 0 fully saturated rings. The molecule has 3 aromatic carbocycles. The van der Waals surface area contributed by atoms with Crippen LogP contribution in [-0.2, 0) is 0 Å². The largest absolute Gasteiger partial charge is 0.353 e. The molecule has 0 aliphatic carbocycles. The zero-order valence-electron chi connectivity index (χ0n) is 12.8. The summed E-state index contributed by atoms with van der Waals surface area (Å²) in [6, 6.07) is 21.2. The van der Waals surface area contributed by atoms with Crippen LogP contribution < -0.4 is 0 Å².